The lowest BCUT2D eigenvalue weighted by Crippen LogP contribution is -2.46. The Balaban J connectivity index is 1.73. The third-order valence-corrected chi connectivity index (χ3v) is 5.63. The largest absolute Gasteiger partial charge is 0.449 e. The number of esters is 1. The van der Waals surface area contributed by atoms with Gasteiger partial charge in [-0.15, -0.1) is 0 Å². The molecular weight excluding hydrogens is 340 g/mol. The maximum atomic E-state index is 12.8. The number of benzene rings is 1. The van der Waals surface area contributed by atoms with Crippen LogP contribution < -0.4 is 5.32 Å². The lowest BCUT2D eigenvalue weighted by molar-refractivity contribution is -0.130. The van der Waals surface area contributed by atoms with E-state index in [1.54, 1.807) is 13.8 Å². The van der Waals surface area contributed by atoms with Gasteiger partial charge in [-0.1, -0.05) is 38.0 Å². The Morgan fingerprint density at radius 2 is 1.89 bits per heavy atom. The van der Waals surface area contributed by atoms with Crippen LogP contribution in [0.15, 0.2) is 24.3 Å². The molecule has 1 saturated carbocycles. The van der Waals surface area contributed by atoms with E-state index in [2.05, 4.69) is 17.2 Å². The minimum Gasteiger partial charge on any atom is -0.449 e. The highest BCUT2D eigenvalue weighted by molar-refractivity contribution is 5.99. The fourth-order valence-corrected chi connectivity index (χ4v) is 3.94. The molecular formula is C22H28N2O3. The molecule has 5 heteroatoms. The predicted octanol–water partition coefficient (Wildman–Crippen LogP) is 4.09. The number of nitrogens with one attached hydrogen (secondary N) is 1. The molecule has 1 fully saturated rings. The van der Waals surface area contributed by atoms with Gasteiger partial charge in [0.1, 0.15) is 0 Å². The Labute approximate surface area is 160 Å². The SMILES string of the molecule is Cc1nc2ccccc2c(C)c1C(=O)O[C@@H](C)C(=O)N[C@@H]1CCCC[C@@H]1C. The van der Waals surface area contributed by atoms with E-state index in [0.29, 0.717) is 17.2 Å². The van der Waals surface area contributed by atoms with Crippen LogP contribution in [0.3, 0.4) is 0 Å². The summed E-state index contributed by atoms with van der Waals surface area (Å²) in [6.07, 6.45) is 3.62. The van der Waals surface area contributed by atoms with E-state index in [4.69, 9.17) is 4.74 Å². The van der Waals surface area contributed by atoms with Crippen LogP contribution in [-0.4, -0.2) is 29.0 Å². The number of ether oxygens (including phenoxy) is 1. The number of fused-ring (bicyclic) bond motifs is 1. The summed E-state index contributed by atoms with van der Waals surface area (Å²) in [5.74, 6) is -0.270. The number of hydrogen-bond donors (Lipinski definition) is 1. The molecule has 0 radical (unpaired) electrons. The summed E-state index contributed by atoms with van der Waals surface area (Å²) in [5, 5.41) is 3.97. The first kappa shape index (κ1) is 19.3. The molecule has 144 valence electrons. The molecule has 0 unspecified atom stereocenters. The minimum absolute atomic E-state index is 0.165. The maximum Gasteiger partial charge on any atom is 0.341 e. The van der Waals surface area contributed by atoms with Crippen molar-refractivity contribution in [1.82, 2.24) is 10.3 Å². The molecule has 0 saturated heterocycles. The van der Waals surface area contributed by atoms with Crippen molar-refractivity contribution in [3.05, 3.63) is 41.1 Å². The number of aromatic nitrogens is 1. The molecule has 0 spiro atoms. The molecule has 3 atom stereocenters. The van der Waals surface area contributed by atoms with Gasteiger partial charge >= 0.3 is 5.97 Å². The highest BCUT2D eigenvalue weighted by Crippen LogP contribution is 2.25. The second kappa shape index (κ2) is 8.07. The van der Waals surface area contributed by atoms with Gasteiger partial charge in [-0.25, -0.2) is 4.79 Å². The van der Waals surface area contributed by atoms with Crippen LogP contribution in [0.4, 0.5) is 0 Å². The molecule has 0 aliphatic heterocycles. The van der Waals surface area contributed by atoms with Gasteiger partial charge in [0.05, 0.1) is 16.8 Å². The van der Waals surface area contributed by atoms with E-state index in [9.17, 15) is 9.59 Å². The van der Waals surface area contributed by atoms with Crippen molar-refractivity contribution in [3.8, 4) is 0 Å². The van der Waals surface area contributed by atoms with Gasteiger partial charge in [-0.2, -0.15) is 0 Å². The van der Waals surface area contributed by atoms with E-state index in [1.165, 1.54) is 6.42 Å². The summed E-state index contributed by atoms with van der Waals surface area (Å²) in [4.78, 5) is 29.8. The Morgan fingerprint density at radius 3 is 2.63 bits per heavy atom. The maximum absolute atomic E-state index is 12.8. The second-order valence-electron chi connectivity index (χ2n) is 7.64. The monoisotopic (exact) mass is 368 g/mol. The van der Waals surface area contributed by atoms with Crippen molar-refractivity contribution in [1.29, 1.82) is 0 Å². The third-order valence-electron chi connectivity index (χ3n) is 5.63. The summed E-state index contributed by atoms with van der Waals surface area (Å²) in [6, 6.07) is 7.87. The summed E-state index contributed by atoms with van der Waals surface area (Å²) in [7, 11) is 0. The van der Waals surface area contributed by atoms with Crippen LogP contribution >= 0.6 is 0 Å². The molecule has 1 N–H and O–H groups in total. The van der Waals surface area contributed by atoms with E-state index in [0.717, 1.165) is 35.7 Å². The molecule has 0 bridgehead atoms. The minimum atomic E-state index is -0.836. The molecule has 1 amide bonds. The Bertz CT molecular complexity index is 862. The normalized spacial score (nSPS) is 20.9. The second-order valence-corrected chi connectivity index (χ2v) is 7.64. The third kappa shape index (κ3) is 4.12. The number of carbonyl (C=O) groups is 2. The average molecular weight is 368 g/mol. The van der Waals surface area contributed by atoms with Gasteiger partial charge in [0.2, 0.25) is 0 Å². The van der Waals surface area contributed by atoms with Crippen molar-refractivity contribution in [2.75, 3.05) is 0 Å². The number of para-hydroxylation sites is 1. The van der Waals surface area contributed by atoms with Crippen LogP contribution in [0.5, 0.6) is 0 Å². The first-order valence-electron chi connectivity index (χ1n) is 9.75. The van der Waals surface area contributed by atoms with Gasteiger partial charge in [0, 0.05) is 11.4 Å². The fraction of sp³-hybridized carbons (Fsp3) is 0.500. The zero-order valence-electron chi connectivity index (χ0n) is 16.5. The van der Waals surface area contributed by atoms with Gasteiger partial charge < -0.3 is 10.1 Å². The number of hydrogen-bond acceptors (Lipinski definition) is 4. The van der Waals surface area contributed by atoms with Crippen LogP contribution in [0, 0.1) is 19.8 Å². The molecule has 1 aliphatic carbocycles. The number of aryl methyl sites for hydroxylation is 2. The number of carbonyl (C=O) groups excluding carboxylic acids is 2. The fourth-order valence-electron chi connectivity index (χ4n) is 3.94. The molecule has 1 aromatic carbocycles. The van der Waals surface area contributed by atoms with Crippen molar-refractivity contribution in [2.45, 2.75) is 65.5 Å². The van der Waals surface area contributed by atoms with E-state index >= 15 is 0 Å². The van der Waals surface area contributed by atoms with Crippen LogP contribution in [0.2, 0.25) is 0 Å². The summed E-state index contributed by atoms with van der Waals surface area (Å²) < 4.78 is 5.49. The number of rotatable bonds is 4. The van der Waals surface area contributed by atoms with Crippen LogP contribution in [0.1, 0.15) is 61.1 Å². The smallest absolute Gasteiger partial charge is 0.341 e. The molecule has 1 aromatic heterocycles. The first-order valence-corrected chi connectivity index (χ1v) is 9.75. The van der Waals surface area contributed by atoms with Crippen LogP contribution in [-0.2, 0) is 9.53 Å². The standard InChI is InChI=1S/C22H28N2O3/c1-13-9-5-7-11-18(13)24-21(25)16(4)27-22(26)20-14(2)17-10-6-8-12-19(17)23-15(20)3/h6,8,10,12-13,16,18H,5,7,9,11H2,1-4H3,(H,24,25)/t13-,16-,18+/m0/s1. The van der Waals surface area contributed by atoms with E-state index in [-0.39, 0.29) is 11.9 Å². The van der Waals surface area contributed by atoms with Crippen molar-refractivity contribution >= 4 is 22.8 Å². The predicted molar refractivity (Wildman–Crippen MR) is 106 cm³/mol. The number of pyridine rings is 1. The zero-order chi connectivity index (χ0) is 19.6. The molecule has 27 heavy (non-hydrogen) atoms. The summed E-state index contributed by atoms with van der Waals surface area (Å²) in [6.45, 7) is 7.47. The van der Waals surface area contributed by atoms with Crippen molar-refractivity contribution in [3.63, 3.8) is 0 Å². The Morgan fingerprint density at radius 1 is 1.19 bits per heavy atom. The lowest BCUT2D eigenvalue weighted by Gasteiger charge is -2.30. The molecule has 2 aromatic rings. The molecule has 1 aliphatic rings. The van der Waals surface area contributed by atoms with E-state index < -0.39 is 12.1 Å². The Kier molecular flexibility index (Phi) is 5.78. The van der Waals surface area contributed by atoms with Gasteiger partial charge in [-0.05, 0) is 51.2 Å². The summed E-state index contributed by atoms with van der Waals surface area (Å²) >= 11 is 0. The van der Waals surface area contributed by atoms with Crippen molar-refractivity contribution < 1.29 is 14.3 Å². The molecule has 1 heterocycles. The average Bonchev–Trinajstić information content (AvgIpc) is 2.63. The zero-order valence-corrected chi connectivity index (χ0v) is 16.5. The van der Waals surface area contributed by atoms with Gasteiger partial charge in [0.15, 0.2) is 6.10 Å². The molecule has 3 rings (SSSR count). The van der Waals surface area contributed by atoms with Crippen LogP contribution in [0.25, 0.3) is 10.9 Å². The highest BCUT2D eigenvalue weighted by Gasteiger charge is 2.27. The molecule has 5 nitrogen and oxygen atoms in total. The quantitative estimate of drug-likeness (QED) is 0.825. The van der Waals surface area contributed by atoms with Crippen molar-refractivity contribution in [2.24, 2.45) is 5.92 Å². The number of nitrogens with zero attached hydrogens (tertiary/aromatic N) is 1. The first-order chi connectivity index (χ1) is 12.9. The number of amides is 1. The topological polar surface area (TPSA) is 68.3 Å². The lowest BCUT2D eigenvalue weighted by atomic mass is 9.86. The van der Waals surface area contributed by atoms with E-state index in [1.807, 2.05) is 31.2 Å². The van der Waals surface area contributed by atoms with Gasteiger partial charge in [0.25, 0.3) is 5.91 Å². The van der Waals surface area contributed by atoms with Gasteiger partial charge in [-0.3, -0.25) is 9.78 Å². The summed E-state index contributed by atoms with van der Waals surface area (Å²) in [5.41, 5.74) is 2.74. The highest BCUT2D eigenvalue weighted by atomic mass is 16.5. The Hall–Kier alpha value is -2.43.